The number of piperidine rings is 1. The molecule has 8 heteroatoms. The fourth-order valence-electron chi connectivity index (χ4n) is 5.31. The average molecular weight is 425 g/mol. The normalized spacial score (nSPS) is 27.8. The van der Waals surface area contributed by atoms with Gasteiger partial charge in [0.15, 0.2) is 6.61 Å². The van der Waals surface area contributed by atoms with Crippen LogP contribution in [0.5, 0.6) is 0 Å². The third-order valence-corrected chi connectivity index (χ3v) is 6.99. The van der Waals surface area contributed by atoms with Crippen LogP contribution in [0, 0.1) is 0 Å². The maximum Gasteiger partial charge on any atom is 0.354 e. The standard InChI is InChI=1S/C23H27N3O5/c1-15-6-4-5-13-24(15)20(28)14-31-22(30)23-12-11-19(27)26(23)18-8-3-2-7-17(18)21(29)25(23)16-9-10-16/h2-3,7-8,15-16H,4-6,9-14H2,1H3/t15-,23+/m0/s1. The van der Waals surface area contributed by atoms with Crippen molar-refractivity contribution in [3.05, 3.63) is 29.8 Å². The number of para-hydroxylation sites is 1. The zero-order valence-corrected chi connectivity index (χ0v) is 17.7. The summed E-state index contributed by atoms with van der Waals surface area (Å²) < 4.78 is 5.55. The molecule has 8 nitrogen and oxygen atoms in total. The number of likely N-dealkylation sites (tertiary alicyclic amines) is 1. The third-order valence-electron chi connectivity index (χ3n) is 6.99. The Bertz CT molecular complexity index is 958. The predicted molar refractivity (Wildman–Crippen MR) is 111 cm³/mol. The number of rotatable bonds is 4. The first-order valence-corrected chi connectivity index (χ1v) is 11.2. The van der Waals surface area contributed by atoms with E-state index in [9.17, 15) is 19.2 Å². The first-order valence-electron chi connectivity index (χ1n) is 11.2. The van der Waals surface area contributed by atoms with Crippen molar-refractivity contribution in [1.82, 2.24) is 9.80 Å². The van der Waals surface area contributed by atoms with Crippen LogP contribution in [0.1, 0.15) is 62.2 Å². The minimum Gasteiger partial charge on any atom is -0.452 e. The maximum absolute atomic E-state index is 13.5. The molecule has 0 unspecified atom stereocenters. The highest BCUT2D eigenvalue weighted by Crippen LogP contribution is 2.49. The molecule has 1 aliphatic carbocycles. The van der Waals surface area contributed by atoms with Gasteiger partial charge in [-0.3, -0.25) is 19.3 Å². The summed E-state index contributed by atoms with van der Waals surface area (Å²) in [5.74, 6) is -1.38. The molecule has 3 aliphatic heterocycles. The van der Waals surface area contributed by atoms with Crippen molar-refractivity contribution in [3.63, 3.8) is 0 Å². The Morgan fingerprint density at radius 2 is 1.90 bits per heavy atom. The molecule has 5 rings (SSSR count). The number of fused-ring (bicyclic) bond motifs is 3. The minimum atomic E-state index is -1.50. The molecule has 0 bridgehead atoms. The molecule has 1 saturated carbocycles. The number of carbonyl (C=O) groups is 4. The Balaban J connectivity index is 1.45. The maximum atomic E-state index is 13.5. The number of ether oxygens (including phenoxy) is 1. The number of hydrogen-bond donors (Lipinski definition) is 0. The molecule has 164 valence electrons. The highest BCUT2D eigenvalue weighted by molar-refractivity contribution is 6.15. The summed E-state index contributed by atoms with van der Waals surface area (Å²) in [6.07, 6.45) is 4.86. The average Bonchev–Trinajstić information content (AvgIpc) is 3.54. The van der Waals surface area contributed by atoms with E-state index < -0.39 is 11.6 Å². The van der Waals surface area contributed by atoms with Gasteiger partial charge in [-0.25, -0.2) is 4.79 Å². The lowest BCUT2D eigenvalue weighted by atomic mass is 9.96. The molecule has 1 aromatic rings. The summed E-state index contributed by atoms with van der Waals surface area (Å²) in [7, 11) is 0. The van der Waals surface area contributed by atoms with E-state index in [1.807, 2.05) is 6.92 Å². The predicted octanol–water partition coefficient (Wildman–Crippen LogP) is 2.07. The summed E-state index contributed by atoms with van der Waals surface area (Å²) in [6.45, 7) is 2.29. The zero-order valence-electron chi connectivity index (χ0n) is 17.7. The quantitative estimate of drug-likeness (QED) is 0.690. The lowest BCUT2D eigenvalue weighted by Crippen LogP contribution is -2.69. The van der Waals surface area contributed by atoms with Crippen molar-refractivity contribution >= 4 is 29.4 Å². The molecule has 0 spiro atoms. The van der Waals surface area contributed by atoms with E-state index in [0.29, 0.717) is 17.8 Å². The highest BCUT2D eigenvalue weighted by Gasteiger charge is 2.64. The second-order valence-electron chi connectivity index (χ2n) is 8.98. The van der Waals surface area contributed by atoms with Gasteiger partial charge in [-0.2, -0.15) is 0 Å². The number of amides is 3. The zero-order chi connectivity index (χ0) is 21.8. The topological polar surface area (TPSA) is 87.2 Å². The van der Waals surface area contributed by atoms with Gasteiger partial charge in [-0.05, 0) is 51.2 Å². The van der Waals surface area contributed by atoms with Crippen LogP contribution in [0.4, 0.5) is 5.69 Å². The van der Waals surface area contributed by atoms with Crippen molar-refractivity contribution in [2.45, 2.75) is 69.6 Å². The van der Waals surface area contributed by atoms with Crippen LogP contribution in [-0.2, 0) is 19.1 Å². The number of esters is 1. The second kappa shape index (κ2) is 7.35. The van der Waals surface area contributed by atoms with E-state index in [2.05, 4.69) is 0 Å². The summed E-state index contributed by atoms with van der Waals surface area (Å²) in [5.41, 5.74) is -0.636. The van der Waals surface area contributed by atoms with Gasteiger partial charge in [0.05, 0.1) is 11.3 Å². The van der Waals surface area contributed by atoms with Crippen LogP contribution in [0.15, 0.2) is 24.3 Å². The van der Waals surface area contributed by atoms with Crippen molar-refractivity contribution < 1.29 is 23.9 Å². The Kier molecular flexibility index (Phi) is 4.75. The minimum absolute atomic E-state index is 0.0976. The highest BCUT2D eigenvalue weighted by atomic mass is 16.5. The smallest absolute Gasteiger partial charge is 0.354 e. The van der Waals surface area contributed by atoms with E-state index in [1.54, 1.807) is 34.1 Å². The Morgan fingerprint density at radius 1 is 1.13 bits per heavy atom. The monoisotopic (exact) mass is 425 g/mol. The first kappa shape index (κ1) is 20.0. The van der Waals surface area contributed by atoms with E-state index in [1.165, 1.54) is 4.90 Å². The summed E-state index contributed by atoms with van der Waals surface area (Å²) in [4.78, 5) is 57.3. The number of nitrogens with zero attached hydrogens (tertiary/aromatic N) is 3. The van der Waals surface area contributed by atoms with Gasteiger partial charge in [0.2, 0.25) is 11.6 Å². The van der Waals surface area contributed by atoms with Gasteiger partial charge in [0.25, 0.3) is 11.8 Å². The lowest BCUT2D eigenvalue weighted by Gasteiger charge is -2.48. The SMILES string of the molecule is C[C@H]1CCCCN1C(=O)COC(=O)[C@@]12CCC(=O)N1c1ccccc1C(=O)N2C1CC1. The van der Waals surface area contributed by atoms with Crippen molar-refractivity contribution in [2.75, 3.05) is 18.1 Å². The molecule has 2 saturated heterocycles. The molecule has 31 heavy (non-hydrogen) atoms. The van der Waals surface area contributed by atoms with Crippen LogP contribution in [-0.4, -0.2) is 64.4 Å². The van der Waals surface area contributed by atoms with Crippen LogP contribution in [0.25, 0.3) is 0 Å². The van der Waals surface area contributed by atoms with Gasteiger partial charge >= 0.3 is 5.97 Å². The van der Waals surface area contributed by atoms with E-state index >= 15 is 0 Å². The number of hydrogen-bond acceptors (Lipinski definition) is 5. The van der Waals surface area contributed by atoms with E-state index in [4.69, 9.17) is 4.74 Å². The molecule has 0 N–H and O–H groups in total. The largest absolute Gasteiger partial charge is 0.452 e. The second-order valence-corrected chi connectivity index (χ2v) is 8.98. The third kappa shape index (κ3) is 3.03. The van der Waals surface area contributed by atoms with E-state index in [0.717, 1.165) is 32.1 Å². The van der Waals surface area contributed by atoms with Crippen molar-refractivity contribution in [2.24, 2.45) is 0 Å². The number of carbonyl (C=O) groups excluding carboxylic acids is 4. The molecule has 3 amide bonds. The number of benzene rings is 1. The Hall–Kier alpha value is -2.90. The molecule has 3 fully saturated rings. The lowest BCUT2D eigenvalue weighted by molar-refractivity contribution is -0.163. The van der Waals surface area contributed by atoms with Crippen LogP contribution in [0.2, 0.25) is 0 Å². The molecule has 1 aromatic carbocycles. The summed E-state index contributed by atoms with van der Waals surface area (Å²) in [5, 5.41) is 0. The number of anilines is 1. The molecule has 3 heterocycles. The van der Waals surface area contributed by atoms with Gasteiger partial charge in [0, 0.05) is 31.5 Å². The Morgan fingerprint density at radius 3 is 2.65 bits per heavy atom. The molecule has 2 atom stereocenters. The molecular formula is C23H27N3O5. The summed E-state index contributed by atoms with van der Waals surface area (Å²) >= 11 is 0. The van der Waals surface area contributed by atoms with Gasteiger partial charge in [-0.15, -0.1) is 0 Å². The van der Waals surface area contributed by atoms with E-state index in [-0.39, 0.29) is 49.3 Å². The summed E-state index contributed by atoms with van der Waals surface area (Å²) in [6, 6.07) is 6.92. The van der Waals surface area contributed by atoms with Gasteiger partial charge in [-0.1, -0.05) is 12.1 Å². The first-order chi connectivity index (χ1) is 14.9. The van der Waals surface area contributed by atoms with Gasteiger partial charge < -0.3 is 14.5 Å². The van der Waals surface area contributed by atoms with Crippen molar-refractivity contribution in [3.8, 4) is 0 Å². The van der Waals surface area contributed by atoms with Crippen LogP contribution < -0.4 is 4.90 Å². The molecular weight excluding hydrogens is 398 g/mol. The molecule has 0 aromatic heterocycles. The fraction of sp³-hybridized carbons (Fsp3) is 0.565. The van der Waals surface area contributed by atoms with Crippen LogP contribution in [0.3, 0.4) is 0 Å². The fourth-order valence-corrected chi connectivity index (χ4v) is 5.31. The molecule has 0 radical (unpaired) electrons. The molecule has 4 aliphatic rings. The van der Waals surface area contributed by atoms with Crippen molar-refractivity contribution in [1.29, 1.82) is 0 Å². The Labute approximate surface area is 181 Å². The van der Waals surface area contributed by atoms with Crippen LogP contribution >= 0.6 is 0 Å². The van der Waals surface area contributed by atoms with Gasteiger partial charge in [0.1, 0.15) is 0 Å².